The third kappa shape index (κ3) is 3.43. The molecule has 1 aliphatic heterocycles. The molecule has 118 valence electrons. The number of rotatable bonds is 4. The van der Waals surface area contributed by atoms with Gasteiger partial charge in [-0.05, 0) is 18.3 Å². The Bertz CT molecular complexity index is 687. The first kappa shape index (κ1) is 15.3. The van der Waals surface area contributed by atoms with Crippen molar-refractivity contribution in [2.45, 2.75) is 13.2 Å². The smallest absolute Gasteiger partial charge is 0.198 e. The third-order valence-corrected chi connectivity index (χ3v) is 4.54. The van der Waals surface area contributed by atoms with E-state index in [0.29, 0.717) is 13.2 Å². The van der Waals surface area contributed by atoms with E-state index in [-0.39, 0.29) is 5.82 Å². The lowest BCUT2D eigenvalue weighted by Gasteiger charge is -2.34. The van der Waals surface area contributed by atoms with Gasteiger partial charge in [-0.3, -0.25) is 9.80 Å². The van der Waals surface area contributed by atoms with Gasteiger partial charge in [-0.25, -0.2) is 9.07 Å². The quantitative estimate of drug-likeness (QED) is 0.804. The fraction of sp³-hybridized carbons (Fsp3) is 0.467. The molecule has 1 saturated heterocycles. The van der Waals surface area contributed by atoms with Crippen LogP contribution in [0.25, 0.3) is 0 Å². The van der Waals surface area contributed by atoms with Gasteiger partial charge in [0, 0.05) is 45.3 Å². The molecule has 0 unspecified atom stereocenters. The van der Waals surface area contributed by atoms with Crippen LogP contribution in [0.15, 0.2) is 30.6 Å². The highest BCUT2D eigenvalue weighted by Crippen LogP contribution is 2.12. The van der Waals surface area contributed by atoms with Gasteiger partial charge in [0.15, 0.2) is 4.77 Å². The van der Waals surface area contributed by atoms with Crippen molar-refractivity contribution in [3.05, 3.63) is 46.7 Å². The molecular formula is C15H20FN5S. The van der Waals surface area contributed by atoms with Crippen molar-refractivity contribution in [3.63, 3.8) is 0 Å². The molecule has 0 radical (unpaired) electrons. The highest BCUT2D eigenvalue weighted by atomic mass is 32.1. The molecule has 0 spiro atoms. The van der Waals surface area contributed by atoms with Crippen LogP contribution in [-0.4, -0.2) is 50.3 Å². The Morgan fingerprint density at radius 3 is 2.45 bits per heavy atom. The van der Waals surface area contributed by atoms with Crippen molar-refractivity contribution in [2.75, 3.05) is 26.2 Å². The zero-order chi connectivity index (χ0) is 15.5. The third-order valence-electron chi connectivity index (χ3n) is 4.04. The Hall–Kier alpha value is -1.57. The molecule has 0 N–H and O–H groups in total. The van der Waals surface area contributed by atoms with Crippen molar-refractivity contribution in [2.24, 2.45) is 7.05 Å². The van der Waals surface area contributed by atoms with Crippen LogP contribution >= 0.6 is 12.2 Å². The highest BCUT2D eigenvalue weighted by Gasteiger charge is 2.18. The average Bonchev–Trinajstić information content (AvgIpc) is 2.83. The summed E-state index contributed by atoms with van der Waals surface area (Å²) in [5.41, 5.74) is 0.767. The van der Waals surface area contributed by atoms with Crippen molar-refractivity contribution in [3.8, 4) is 0 Å². The van der Waals surface area contributed by atoms with E-state index in [2.05, 4.69) is 14.9 Å². The topological polar surface area (TPSA) is 29.2 Å². The summed E-state index contributed by atoms with van der Waals surface area (Å²) in [6.07, 6.45) is 1.73. The zero-order valence-electron chi connectivity index (χ0n) is 12.7. The van der Waals surface area contributed by atoms with E-state index in [0.717, 1.165) is 36.5 Å². The second-order valence-corrected chi connectivity index (χ2v) is 6.02. The number of halogens is 1. The molecular weight excluding hydrogens is 301 g/mol. The summed E-state index contributed by atoms with van der Waals surface area (Å²) in [4.78, 5) is 4.60. The molecule has 1 aromatic carbocycles. The minimum atomic E-state index is -0.121. The van der Waals surface area contributed by atoms with Crippen LogP contribution < -0.4 is 0 Å². The van der Waals surface area contributed by atoms with Gasteiger partial charge in [0.05, 0.1) is 6.67 Å². The van der Waals surface area contributed by atoms with Crippen molar-refractivity contribution in [1.82, 2.24) is 24.1 Å². The molecule has 1 fully saturated rings. The lowest BCUT2D eigenvalue weighted by atomic mass is 10.2. The van der Waals surface area contributed by atoms with Gasteiger partial charge >= 0.3 is 0 Å². The van der Waals surface area contributed by atoms with Crippen molar-refractivity contribution in [1.29, 1.82) is 0 Å². The molecule has 3 rings (SSSR count). The summed E-state index contributed by atoms with van der Waals surface area (Å²) in [5.74, 6) is -0.121. The number of benzene rings is 1. The second kappa shape index (κ2) is 6.68. The Morgan fingerprint density at radius 2 is 1.82 bits per heavy atom. The predicted molar refractivity (Wildman–Crippen MR) is 85.3 cm³/mol. The monoisotopic (exact) mass is 321 g/mol. The molecule has 1 aromatic heterocycles. The fourth-order valence-electron chi connectivity index (χ4n) is 2.66. The maximum absolute atomic E-state index is 13.7. The van der Waals surface area contributed by atoms with Crippen molar-refractivity contribution >= 4 is 12.2 Å². The van der Waals surface area contributed by atoms with E-state index in [9.17, 15) is 4.39 Å². The lowest BCUT2D eigenvalue weighted by Crippen LogP contribution is -2.46. The molecule has 22 heavy (non-hydrogen) atoms. The van der Waals surface area contributed by atoms with Gasteiger partial charge in [0.1, 0.15) is 12.1 Å². The number of hydrogen-bond donors (Lipinski definition) is 0. The van der Waals surface area contributed by atoms with Gasteiger partial charge < -0.3 is 4.57 Å². The van der Waals surface area contributed by atoms with Crippen LogP contribution in [-0.2, 0) is 20.3 Å². The zero-order valence-corrected chi connectivity index (χ0v) is 13.5. The van der Waals surface area contributed by atoms with Crippen LogP contribution in [0.3, 0.4) is 0 Å². The maximum atomic E-state index is 13.7. The first-order chi connectivity index (χ1) is 10.6. The number of piperazine rings is 1. The van der Waals surface area contributed by atoms with E-state index in [1.165, 1.54) is 6.07 Å². The number of aryl methyl sites for hydroxylation is 1. The van der Waals surface area contributed by atoms with Gasteiger partial charge in [0.2, 0.25) is 0 Å². The minimum absolute atomic E-state index is 0.121. The summed E-state index contributed by atoms with van der Waals surface area (Å²) >= 11 is 5.30. The van der Waals surface area contributed by atoms with Gasteiger partial charge in [-0.1, -0.05) is 18.2 Å². The summed E-state index contributed by atoms with van der Waals surface area (Å²) in [7, 11) is 1.90. The first-order valence-corrected chi connectivity index (χ1v) is 7.81. The number of nitrogens with zero attached hydrogens (tertiary/aromatic N) is 5. The van der Waals surface area contributed by atoms with E-state index in [1.54, 1.807) is 12.4 Å². The Balaban J connectivity index is 1.53. The molecule has 0 saturated carbocycles. The van der Waals surface area contributed by atoms with Crippen LogP contribution in [0, 0.1) is 10.6 Å². The number of aromatic nitrogens is 3. The molecule has 1 aliphatic rings. The Morgan fingerprint density at radius 1 is 1.14 bits per heavy atom. The lowest BCUT2D eigenvalue weighted by molar-refractivity contribution is 0.0973. The molecule has 2 heterocycles. The normalized spacial score (nSPS) is 17.0. The van der Waals surface area contributed by atoms with Crippen LogP contribution in [0.4, 0.5) is 4.39 Å². The molecule has 0 aliphatic carbocycles. The fourth-order valence-corrected chi connectivity index (χ4v) is 2.82. The first-order valence-electron chi connectivity index (χ1n) is 7.40. The molecule has 7 heteroatoms. The van der Waals surface area contributed by atoms with Crippen LogP contribution in [0.5, 0.6) is 0 Å². The van der Waals surface area contributed by atoms with E-state index >= 15 is 0 Å². The Labute approximate surface area is 134 Å². The average molecular weight is 321 g/mol. The van der Waals surface area contributed by atoms with Gasteiger partial charge in [-0.2, -0.15) is 5.10 Å². The summed E-state index contributed by atoms with van der Waals surface area (Å²) in [6.45, 7) is 5.11. The minimum Gasteiger partial charge on any atom is -0.310 e. The SMILES string of the molecule is Cn1cnn(CN2CCN(Cc3ccccc3F)CC2)c1=S. The Kier molecular flexibility index (Phi) is 4.66. The molecule has 0 bridgehead atoms. The van der Waals surface area contributed by atoms with Gasteiger partial charge in [0.25, 0.3) is 0 Å². The maximum Gasteiger partial charge on any atom is 0.198 e. The largest absolute Gasteiger partial charge is 0.310 e. The van der Waals surface area contributed by atoms with E-state index < -0.39 is 0 Å². The van der Waals surface area contributed by atoms with Gasteiger partial charge in [-0.15, -0.1) is 0 Å². The van der Waals surface area contributed by atoms with Crippen LogP contribution in [0.2, 0.25) is 0 Å². The molecule has 0 atom stereocenters. The molecule has 5 nitrogen and oxygen atoms in total. The van der Waals surface area contributed by atoms with E-state index in [1.807, 2.05) is 28.4 Å². The van der Waals surface area contributed by atoms with Crippen molar-refractivity contribution < 1.29 is 4.39 Å². The summed E-state index contributed by atoms with van der Waals surface area (Å²) in [5, 5.41) is 4.28. The predicted octanol–water partition coefficient (Wildman–Crippen LogP) is 1.87. The summed E-state index contributed by atoms with van der Waals surface area (Å²) in [6, 6.07) is 6.99. The molecule has 0 amide bonds. The standard InChI is InChI=1S/C15H20FN5S/c1-18-11-17-21(15(18)22)12-20-8-6-19(7-9-20)10-13-4-2-3-5-14(13)16/h2-5,11H,6-10,12H2,1H3. The second-order valence-electron chi connectivity index (χ2n) is 5.65. The highest BCUT2D eigenvalue weighted by molar-refractivity contribution is 7.71. The molecule has 2 aromatic rings. The van der Waals surface area contributed by atoms with E-state index in [4.69, 9.17) is 12.2 Å². The van der Waals surface area contributed by atoms with Crippen LogP contribution in [0.1, 0.15) is 5.56 Å². The summed E-state index contributed by atoms with van der Waals surface area (Å²) < 4.78 is 18.1. The number of hydrogen-bond acceptors (Lipinski definition) is 4.